The molecule has 1 amide bonds. The quantitative estimate of drug-likeness (QED) is 0.924. The minimum Gasteiger partial charge on any atom is -0.337 e. The van der Waals surface area contributed by atoms with E-state index in [9.17, 15) is 9.18 Å². The first-order valence-corrected chi connectivity index (χ1v) is 7.41. The Bertz CT molecular complexity index is 487. The Morgan fingerprint density at radius 3 is 2.41 bits per heavy atom. The molecule has 0 unspecified atom stereocenters. The SMILES string of the molecule is CC(C)(N)CN1CCCN(C(=O)c2ccc(F)cc2)CC1.Cl. The van der Waals surface area contributed by atoms with Gasteiger partial charge in [0.25, 0.3) is 5.91 Å². The smallest absolute Gasteiger partial charge is 0.253 e. The average Bonchev–Trinajstić information content (AvgIpc) is 2.62. The first-order valence-electron chi connectivity index (χ1n) is 7.41. The van der Waals surface area contributed by atoms with E-state index in [0.717, 1.165) is 32.6 Å². The van der Waals surface area contributed by atoms with Gasteiger partial charge in [0.1, 0.15) is 5.82 Å². The molecule has 2 rings (SSSR count). The predicted octanol–water partition coefficient (Wildman–Crippen LogP) is 2.13. The number of nitrogens with two attached hydrogens (primary N) is 1. The van der Waals surface area contributed by atoms with Crippen molar-refractivity contribution in [2.24, 2.45) is 5.73 Å². The molecular formula is C16H25ClFN3O. The van der Waals surface area contributed by atoms with Crippen LogP contribution in [0.1, 0.15) is 30.6 Å². The zero-order valence-corrected chi connectivity index (χ0v) is 14.0. The second kappa shape index (κ2) is 7.90. The number of rotatable bonds is 3. The van der Waals surface area contributed by atoms with E-state index in [-0.39, 0.29) is 29.7 Å². The number of carbonyl (C=O) groups is 1. The summed E-state index contributed by atoms with van der Waals surface area (Å²) in [6.07, 6.45) is 0.934. The molecule has 0 bridgehead atoms. The van der Waals surface area contributed by atoms with E-state index in [1.807, 2.05) is 18.7 Å². The van der Waals surface area contributed by atoms with Gasteiger partial charge in [0.15, 0.2) is 0 Å². The molecule has 1 aromatic rings. The molecule has 6 heteroatoms. The summed E-state index contributed by atoms with van der Waals surface area (Å²) in [5.74, 6) is -0.345. The standard InChI is InChI=1S/C16H24FN3O.ClH/c1-16(2,18)12-19-8-3-9-20(11-10-19)15(21)13-4-6-14(17)7-5-13;/h4-7H,3,8-12,18H2,1-2H3;1H. The van der Waals surface area contributed by atoms with Gasteiger partial charge in [-0.05, 0) is 51.1 Å². The van der Waals surface area contributed by atoms with Crippen LogP contribution < -0.4 is 5.73 Å². The van der Waals surface area contributed by atoms with Gasteiger partial charge in [-0.15, -0.1) is 12.4 Å². The predicted molar refractivity (Wildman–Crippen MR) is 88.9 cm³/mol. The fraction of sp³-hybridized carbons (Fsp3) is 0.562. The number of carbonyl (C=O) groups excluding carboxylic acids is 1. The number of hydrogen-bond donors (Lipinski definition) is 1. The summed E-state index contributed by atoms with van der Waals surface area (Å²) in [6, 6.07) is 5.75. The maximum atomic E-state index is 12.9. The molecule has 0 aliphatic carbocycles. The molecule has 1 aliphatic heterocycles. The van der Waals surface area contributed by atoms with Crippen LogP contribution in [-0.4, -0.2) is 54.0 Å². The molecule has 2 N–H and O–H groups in total. The van der Waals surface area contributed by atoms with Crippen molar-refractivity contribution in [2.45, 2.75) is 25.8 Å². The Morgan fingerprint density at radius 1 is 1.18 bits per heavy atom. The Kier molecular flexibility index (Phi) is 6.78. The monoisotopic (exact) mass is 329 g/mol. The second-order valence-electron chi connectivity index (χ2n) is 6.42. The van der Waals surface area contributed by atoms with Gasteiger partial charge in [0, 0.05) is 37.3 Å². The zero-order valence-electron chi connectivity index (χ0n) is 13.2. The number of nitrogens with zero attached hydrogens (tertiary/aromatic N) is 2. The highest BCUT2D eigenvalue weighted by Gasteiger charge is 2.23. The van der Waals surface area contributed by atoms with Crippen LogP contribution in [0.5, 0.6) is 0 Å². The van der Waals surface area contributed by atoms with Crippen LogP contribution in [-0.2, 0) is 0 Å². The van der Waals surface area contributed by atoms with Crippen molar-refractivity contribution in [3.05, 3.63) is 35.6 Å². The van der Waals surface area contributed by atoms with Crippen molar-refractivity contribution < 1.29 is 9.18 Å². The molecule has 0 atom stereocenters. The summed E-state index contributed by atoms with van der Waals surface area (Å²) in [4.78, 5) is 16.6. The molecular weight excluding hydrogens is 305 g/mol. The Morgan fingerprint density at radius 2 is 1.82 bits per heavy atom. The van der Waals surface area contributed by atoms with Crippen LogP contribution in [0.2, 0.25) is 0 Å². The van der Waals surface area contributed by atoms with Gasteiger partial charge in [-0.1, -0.05) is 0 Å². The summed E-state index contributed by atoms with van der Waals surface area (Å²) in [6.45, 7) is 8.05. The second-order valence-corrected chi connectivity index (χ2v) is 6.42. The highest BCUT2D eigenvalue weighted by molar-refractivity contribution is 5.94. The zero-order chi connectivity index (χ0) is 15.5. The highest BCUT2D eigenvalue weighted by atomic mass is 35.5. The van der Waals surface area contributed by atoms with Crippen LogP contribution in [0.25, 0.3) is 0 Å². The van der Waals surface area contributed by atoms with Crippen molar-refractivity contribution >= 4 is 18.3 Å². The first-order chi connectivity index (χ1) is 9.85. The van der Waals surface area contributed by atoms with Gasteiger partial charge in [-0.3, -0.25) is 9.69 Å². The molecule has 0 radical (unpaired) electrons. The van der Waals surface area contributed by atoms with Gasteiger partial charge in [-0.2, -0.15) is 0 Å². The minimum atomic E-state index is -0.321. The molecule has 1 heterocycles. The summed E-state index contributed by atoms with van der Waals surface area (Å²) >= 11 is 0. The summed E-state index contributed by atoms with van der Waals surface area (Å²) in [7, 11) is 0. The minimum absolute atomic E-state index is 0. The van der Waals surface area contributed by atoms with Gasteiger partial charge in [0.2, 0.25) is 0 Å². The summed E-state index contributed by atoms with van der Waals surface area (Å²) in [5, 5.41) is 0. The first kappa shape index (κ1) is 18.9. The number of halogens is 2. The molecule has 1 aromatic carbocycles. The van der Waals surface area contributed by atoms with E-state index < -0.39 is 0 Å². The lowest BCUT2D eigenvalue weighted by Crippen LogP contribution is -2.46. The molecule has 1 aliphatic rings. The molecule has 0 aromatic heterocycles. The van der Waals surface area contributed by atoms with Crippen molar-refractivity contribution in [2.75, 3.05) is 32.7 Å². The van der Waals surface area contributed by atoms with Crippen molar-refractivity contribution in [1.82, 2.24) is 9.80 Å². The molecule has 124 valence electrons. The molecule has 1 saturated heterocycles. The van der Waals surface area contributed by atoms with E-state index in [0.29, 0.717) is 12.1 Å². The summed E-state index contributed by atoms with van der Waals surface area (Å²) in [5.41, 5.74) is 6.38. The number of amides is 1. The molecule has 4 nitrogen and oxygen atoms in total. The van der Waals surface area contributed by atoms with Gasteiger partial charge in [0.05, 0.1) is 0 Å². The Labute approximate surface area is 137 Å². The van der Waals surface area contributed by atoms with Crippen LogP contribution in [0, 0.1) is 5.82 Å². The lowest BCUT2D eigenvalue weighted by Gasteiger charge is -2.28. The van der Waals surface area contributed by atoms with Crippen molar-refractivity contribution in [3.8, 4) is 0 Å². The Balaban J connectivity index is 0.00000242. The lowest BCUT2D eigenvalue weighted by molar-refractivity contribution is 0.0760. The molecule has 22 heavy (non-hydrogen) atoms. The lowest BCUT2D eigenvalue weighted by atomic mass is 10.1. The van der Waals surface area contributed by atoms with E-state index >= 15 is 0 Å². The number of benzene rings is 1. The van der Waals surface area contributed by atoms with Gasteiger partial charge in [-0.25, -0.2) is 4.39 Å². The third-order valence-corrected chi connectivity index (χ3v) is 3.60. The molecule has 1 fully saturated rings. The van der Waals surface area contributed by atoms with Crippen LogP contribution in [0.15, 0.2) is 24.3 Å². The highest BCUT2D eigenvalue weighted by Crippen LogP contribution is 2.12. The summed E-state index contributed by atoms with van der Waals surface area (Å²) < 4.78 is 12.9. The topological polar surface area (TPSA) is 49.6 Å². The van der Waals surface area contributed by atoms with Crippen molar-refractivity contribution in [1.29, 1.82) is 0 Å². The fourth-order valence-electron chi connectivity index (χ4n) is 2.68. The van der Waals surface area contributed by atoms with E-state index in [4.69, 9.17) is 5.73 Å². The third kappa shape index (κ3) is 5.55. The molecule has 0 spiro atoms. The van der Waals surface area contributed by atoms with E-state index in [1.54, 1.807) is 12.1 Å². The normalized spacial score (nSPS) is 16.8. The van der Waals surface area contributed by atoms with Crippen LogP contribution in [0.4, 0.5) is 4.39 Å². The van der Waals surface area contributed by atoms with Crippen LogP contribution in [0.3, 0.4) is 0 Å². The average molecular weight is 330 g/mol. The third-order valence-electron chi connectivity index (χ3n) is 3.60. The maximum absolute atomic E-state index is 12.9. The van der Waals surface area contributed by atoms with E-state index in [2.05, 4.69) is 4.90 Å². The van der Waals surface area contributed by atoms with Crippen molar-refractivity contribution in [3.63, 3.8) is 0 Å². The molecule has 0 saturated carbocycles. The van der Waals surface area contributed by atoms with Crippen LogP contribution >= 0.6 is 12.4 Å². The van der Waals surface area contributed by atoms with E-state index in [1.165, 1.54) is 12.1 Å². The van der Waals surface area contributed by atoms with Gasteiger partial charge >= 0.3 is 0 Å². The maximum Gasteiger partial charge on any atom is 0.253 e. The van der Waals surface area contributed by atoms with Gasteiger partial charge < -0.3 is 10.6 Å². The fourth-order valence-corrected chi connectivity index (χ4v) is 2.68. The largest absolute Gasteiger partial charge is 0.337 e. The number of hydrogen-bond acceptors (Lipinski definition) is 3. The Hall–Kier alpha value is -1.17.